The minimum absolute atomic E-state index is 0.0563. The van der Waals surface area contributed by atoms with E-state index in [2.05, 4.69) is 65.3 Å². The van der Waals surface area contributed by atoms with Crippen LogP contribution in [0.5, 0.6) is 0 Å². The van der Waals surface area contributed by atoms with Crippen LogP contribution in [0.4, 0.5) is 4.79 Å². The zero-order chi connectivity index (χ0) is 25.8. The molecule has 1 fully saturated rings. The number of imidazole rings is 1. The van der Waals surface area contributed by atoms with Crippen LogP contribution in [0.25, 0.3) is 11.0 Å². The average Bonchev–Trinajstić information content (AvgIpc) is 3.25. The minimum Gasteiger partial charge on any atom is -0.465 e. The van der Waals surface area contributed by atoms with Gasteiger partial charge < -0.3 is 15.0 Å². The number of hydrogen-bond acceptors (Lipinski definition) is 3. The zero-order valence-corrected chi connectivity index (χ0v) is 21.2. The summed E-state index contributed by atoms with van der Waals surface area (Å²) in [4.78, 5) is 32.3. The highest BCUT2D eigenvalue weighted by atomic mass is 16.4. The van der Waals surface area contributed by atoms with E-state index >= 15 is 0 Å². The molecule has 3 unspecified atom stereocenters. The Morgan fingerprint density at radius 1 is 0.973 bits per heavy atom. The molecular formula is C30H34N4O3. The summed E-state index contributed by atoms with van der Waals surface area (Å²) in [7, 11) is 0. The highest BCUT2D eigenvalue weighted by Gasteiger charge is 2.40. The van der Waals surface area contributed by atoms with Crippen LogP contribution >= 0.6 is 0 Å². The van der Waals surface area contributed by atoms with Crippen molar-refractivity contribution in [3.63, 3.8) is 0 Å². The second-order valence-electron chi connectivity index (χ2n) is 9.92. The van der Waals surface area contributed by atoms with Gasteiger partial charge in [0.25, 0.3) is 0 Å². The van der Waals surface area contributed by atoms with Crippen LogP contribution < -0.4 is 5.69 Å². The number of H-pyrrole nitrogens is 1. The van der Waals surface area contributed by atoms with E-state index in [4.69, 9.17) is 0 Å². The Morgan fingerprint density at radius 3 is 2.16 bits per heavy atom. The van der Waals surface area contributed by atoms with Crippen molar-refractivity contribution in [2.45, 2.75) is 44.9 Å². The van der Waals surface area contributed by atoms with Crippen LogP contribution in [0.2, 0.25) is 0 Å². The summed E-state index contributed by atoms with van der Waals surface area (Å²) in [5.74, 6) is -0.0563. The van der Waals surface area contributed by atoms with Crippen LogP contribution in [-0.4, -0.2) is 49.7 Å². The van der Waals surface area contributed by atoms with E-state index in [1.54, 1.807) is 0 Å². The molecule has 1 aliphatic rings. The number of benzene rings is 3. The molecule has 2 heterocycles. The molecule has 0 saturated carbocycles. The lowest BCUT2D eigenvalue weighted by atomic mass is 9.83. The lowest BCUT2D eigenvalue weighted by Crippen LogP contribution is -2.53. The smallest absolute Gasteiger partial charge is 0.407 e. The Bertz CT molecular complexity index is 1340. The normalized spacial score (nSPS) is 18.8. The number of hydrogen-bond donors (Lipinski definition) is 2. The van der Waals surface area contributed by atoms with Gasteiger partial charge >= 0.3 is 11.8 Å². The highest BCUT2D eigenvalue weighted by molar-refractivity contribution is 5.75. The number of nitrogens with zero attached hydrogens (tertiary/aromatic N) is 3. The van der Waals surface area contributed by atoms with Gasteiger partial charge in [-0.2, -0.15) is 0 Å². The monoisotopic (exact) mass is 498 g/mol. The maximum absolute atomic E-state index is 13.2. The van der Waals surface area contributed by atoms with E-state index in [1.165, 1.54) is 16.0 Å². The van der Waals surface area contributed by atoms with Crippen LogP contribution in [0.3, 0.4) is 0 Å². The van der Waals surface area contributed by atoms with E-state index in [1.807, 2.05) is 41.0 Å². The summed E-state index contributed by atoms with van der Waals surface area (Å²) >= 11 is 0. The maximum atomic E-state index is 13.2. The van der Waals surface area contributed by atoms with Gasteiger partial charge in [-0.1, -0.05) is 79.7 Å². The average molecular weight is 499 g/mol. The fourth-order valence-corrected chi connectivity index (χ4v) is 6.00. The predicted molar refractivity (Wildman–Crippen MR) is 146 cm³/mol. The molecule has 2 N–H and O–H groups in total. The first-order chi connectivity index (χ1) is 18.0. The highest BCUT2D eigenvalue weighted by Crippen LogP contribution is 2.36. The van der Waals surface area contributed by atoms with Gasteiger partial charge in [-0.15, -0.1) is 0 Å². The molecule has 1 aromatic heterocycles. The number of likely N-dealkylation sites (tertiary alicyclic amines) is 1. The lowest BCUT2D eigenvalue weighted by Gasteiger charge is -2.45. The molecule has 5 rings (SSSR count). The Morgan fingerprint density at radius 2 is 1.57 bits per heavy atom. The first kappa shape index (κ1) is 24.8. The largest absolute Gasteiger partial charge is 0.465 e. The van der Waals surface area contributed by atoms with Crippen molar-refractivity contribution >= 4 is 17.1 Å². The standard InChI is InChI=1S/C30H34N4O3/c1-2-26(33(19-22-11-5-3-6-12-22)20-23-13-7-4-8-14-23)24-21-32(30(36)37)18-17-27(24)34-28-16-10-9-15-25(28)31-29(34)35/h3-16,24,26-27H,2,17-21H2,1H3,(H,31,35)(H,36,37). The molecule has 3 atom stereocenters. The number of aromatic nitrogens is 2. The fourth-order valence-electron chi connectivity index (χ4n) is 6.00. The number of amides is 1. The number of carboxylic acid groups (broad SMARTS) is 1. The number of fused-ring (bicyclic) bond motifs is 1. The second kappa shape index (κ2) is 11.0. The molecule has 7 nitrogen and oxygen atoms in total. The van der Waals surface area contributed by atoms with Crippen LogP contribution in [0.1, 0.15) is 36.9 Å². The summed E-state index contributed by atoms with van der Waals surface area (Å²) in [6.45, 7) is 4.46. The first-order valence-electron chi connectivity index (χ1n) is 13.0. The third-order valence-corrected chi connectivity index (χ3v) is 7.68. The van der Waals surface area contributed by atoms with E-state index < -0.39 is 6.09 Å². The lowest BCUT2D eigenvalue weighted by molar-refractivity contribution is 0.0341. The molecule has 7 heteroatoms. The Labute approximate surface area is 217 Å². The molecule has 192 valence electrons. The van der Waals surface area contributed by atoms with E-state index in [0.717, 1.165) is 30.5 Å². The van der Waals surface area contributed by atoms with Crippen LogP contribution in [-0.2, 0) is 13.1 Å². The van der Waals surface area contributed by atoms with Gasteiger partial charge in [0.2, 0.25) is 0 Å². The topological polar surface area (TPSA) is 81.6 Å². The first-order valence-corrected chi connectivity index (χ1v) is 13.0. The fraction of sp³-hybridized carbons (Fsp3) is 0.333. The SMILES string of the molecule is CCC(C1CN(C(=O)O)CCC1n1c(=O)[nH]c2ccccc21)N(Cc1ccccc1)Cc1ccccc1. The summed E-state index contributed by atoms with van der Waals surface area (Å²) < 4.78 is 1.88. The van der Waals surface area contributed by atoms with Crippen molar-refractivity contribution < 1.29 is 9.90 Å². The second-order valence-corrected chi connectivity index (χ2v) is 9.92. The summed E-state index contributed by atoms with van der Waals surface area (Å²) in [5, 5.41) is 9.90. The molecular weight excluding hydrogens is 464 g/mol. The predicted octanol–water partition coefficient (Wildman–Crippen LogP) is 5.35. The number of rotatable bonds is 8. The Hall–Kier alpha value is -3.84. The van der Waals surface area contributed by atoms with Crippen LogP contribution in [0, 0.1) is 5.92 Å². The Kier molecular flexibility index (Phi) is 7.42. The summed E-state index contributed by atoms with van der Waals surface area (Å²) in [5.41, 5.74) is 3.98. The van der Waals surface area contributed by atoms with Gasteiger partial charge in [-0.25, -0.2) is 9.59 Å². The van der Waals surface area contributed by atoms with Crippen molar-refractivity contribution in [2.75, 3.05) is 13.1 Å². The summed E-state index contributed by atoms with van der Waals surface area (Å²) in [6.07, 6.45) is 0.535. The van der Waals surface area contributed by atoms with Gasteiger partial charge in [-0.05, 0) is 36.1 Å². The van der Waals surface area contributed by atoms with E-state index in [0.29, 0.717) is 19.5 Å². The van der Waals surface area contributed by atoms with Crippen molar-refractivity contribution in [3.05, 3.63) is 107 Å². The molecule has 4 aromatic rings. The van der Waals surface area contributed by atoms with Crippen molar-refractivity contribution in [2.24, 2.45) is 5.92 Å². The molecule has 1 amide bonds. The number of piperidine rings is 1. The van der Waals surface area contributed by atoms with Crippen LogP contribution in [0.15, 0.2) is 89.7 Å². The molecule has 0 spiro atoms. The number of para-hydroxylation sites is 2. The van der Waals surface area contributed by atoms with Gasteiger partial charge in [0.05, 0.1) is 11.0 Å². The van der Waals surface area contributed by atoms with Gasteiger partial charge in [-0.3, -0.25) is 9.47 Å². The molecule has 0 bridgehead atoms. The maximum Gasteiger partial charge on any atom is 0.407 e. The van der Waals surface area contributed by atoms with Crippen molar-refractivity contribution in [1.82, 2.24) is 19.4 Å². The van der Waals surface area contributed by atoms with Crippen molar-refractivity contribution in [3.8, 4) is 0 Å². The van der Waals surface area contributed by atoms with Gasteiger partial charge in [0.1, 0.15) is 0 Å². The van der Waals surface area contributed by atoms with Gasteiger partial charge in [0.15, 0.2) is 0 Å². The number of aromatic amines is 1. The quantitative estimate of drug-likeness (QED) is 0.343. The van der Waals surface area contributed by atoms with E-state index in [-0.39, 0.29) is 23.7 Å². The molecule has 37 heavy (non-hydrogen) atoms. The van der Waals surface area contributed by atoms with Crippen molar-refractivity contribution in [1.29, 1.82) is 0 Å². The molecule has 1 saturated heterocycles. The molecule has 0 radical (unpaired) electrons. The minimum atomic E-state index is -0.901. The van der Waals surface area contributed by atoms with E-state index in [9.17, 15) is 14.7 Å². The molecule has 3 aromatic carbocycles. The van der Waals surface area contributed by atoms with Gasteiger partial charge in [0, 0.05) is 44.2 Å². The number of nitrogens with one attached hydrogen (secondary N) is 1. The number of carbonyl (C=O) groups is 1. The zero-order valence-electron chi connectivity index (χ0n) is 21.2. The molecule has 1 aliphatic heterocycles. The third-order valence-electron chi connectivity index (χ3n) is 7.68. The summed E-state index contributed by atoms with van der Waals surface area (Å²) in [6, 6.07) is 28.5. The Balaban J connectivity index is 1.56. The third kappa shape index (κ3) is 5.32. The molecule has 0 aliphatic carbocycles.